The fourth-order valence-corrected chi connectivity index (χ4v) is 3.75. The van der Waals surface area contributed by atoms with Gasteiger partial charge in [0.05, 0.1) is 5.69 Å². The molecule has 0 aromatic carbocycles. The van der Waals surface area contributed by atoms with Gasteiger partial charge >= 0.3 is 0 Å². The number of nitrogens with one attached hydrogen (secondary N) is 1. The summed E-state index contributed by atoms with van der Waals surface area (Å²) in [6, 6.07) is 0. The molecule has 1 aromatic rings. The predicted molar refractivity (Wildman–Crippen MR) is 72.7 cm³/mol. The first-order valence-corrected chi connectivity index (χ1v) is 8.69. The van der Waals surface area contributed by atoms with Gasteiger partial charge in [0.1, 0.15) is 0 Å². The van der Waals surface area contributed by atoms with Gasteiger partial charge in [-0.2, -0.15) is 0 Å². The molecule has 0 spiro atoms. The summed E-state index contributed by atoms with van der Waals surface area (Å²) in [5, 5.41) is 2.85. The molecule has 0 aliphatic carbocycles. The number of amides is 1. The molecule has 0 bridgehead atoms. The molecule has 102 valence electrons. The number of rotatable bonds is 6. The van der Waals surface area contributed by atoms with Crippen molar-refractivity contribution in [2.24, 2.45) is 0 Å². The number of nitrogens with zero attached hydrogens (tertiary/aromatic N) is 1. The monoisotopic (exact) mass is 310 g/mol. The van der Waals surface area contributed by atoms with E-state index in [1.807, 2.05) is 0 Å². The zero-order valence-corrected chi connectivity index (χ0v) is 12.6. The number of hydrogen-bond donors (Lipinski definition) is 1. The molecule has 1 amide bonds. The summed E-state index contributed by atoms with van der Waals surface area (Å²) in [5.74, 6) is -0.157. The smallest absolute Gasteiger partial charge is 0.272 e. The molecule has 0 fully saturated rings. The van der Waals surface area contributed by atoms with Gasteiger partial charge in [-0.15, -0.1) is 0 Å². The molecule has 0 saturated heterocycles. The van der Waals surface area contributed by atoms with Crippen molar-refractivity contribution < 1.29 is 13.2 Å². The van der Waals surface area contributed by atoms with Gasteiger partial charge in [-0.3, -0.25) is 4.79 Å². The number of anilines is 1. The van der Waals surface area contributed by atoms with Crippen LogP contribution in [0.25, 0.3) is 0 Å². The first kappa shape index (κ1) is 15.4. The van der Waals surface area contributed by atoms with Gasteiger partial charge in [0.15, 0.2) is 9.34 Å². The second kappa shape index (κ2) is 6.49. The summed E-state index contributed by atoms with van der Waals surface area (Å²) < 4.78 is 22.4. The summed E-state index contributed by atoms with van der Waals surface area (Å²) in [4.78, 5) is 15.5. The summed E-state index contributed by atoms with van der Waals surface area (Å²) in [5.41, 5.74) is 0.304. The number of aryl methyl sites for hydroxylation is 1. The average molecular weight is 311 g/mol. The molecule has 1 rings (SSSR count). The van der Waals surface area contributed by atoms with Crippen molar-refractivity contribution >= 4 is 42.1 Å². The largest absolute Gasteiger partial charge is 0.302 e. The minimum atomic E-state index is -3.79. The molecule has 1 heterocycles. The Hall–Kier alpha value is -0.660. The van der Waals surface area contributed by atoms with Gasteiger partial charge in [0.2, 0.25) is 5.91 Å². The Morgan fingerprint density at radius 2 is 2.11 bits per heavy atom. The van der Waals surface area contributed by atoms with E-state index < -0.39 is 9.05 Å². The van der Waals surface area contributed by atoms with E-state index in [1.165, 1.54) is 0 Å². The Balaban J connectivity index is 2.67. The van der Waals surface area contributed by atoms with E-state index in [2.05, 4.69) is 17.2 Å². The van der Waals surface area contributed by atoms with Gasteiger partial charge in [0.25, 0.3) is 9.05 Å². The maximum Gasteiger partial charge on any atom is 0.272 e. The lowest BCUT2D eigenvalue weighted by atomic mass is 10.2. The van der Waals surface area contributed by atoms with Crippen LogP contribution < -0.4 is 5.32 Å². The molecular formula is C10H15ClN2O3S2. The first-order valence-electron chi connectivity index (χ1n) is 5.56. The van der Waals surface area contributed by atoms with Crippen LogP contribution >= 0.6 is 22.0 Å². The van der Waals surface area contributed by atoms with E-state index in [9.17, 15) is 13.2 Å². The highest BCUT2D eigenvalue weighted by Crippen LogP contribution is 2.29. The minimum absolute atomic E-state index is 0.0203. The van der Waals surface area contributed by atoms with Gasteiger partial charge in [-0.1, -0.05) is 31.1 Å². The van der Waals surface area contributed by atoms with Crippen LogP contribution in [0.3, 0.4) is 0 Å². The number of carbonyl (C=O) groups excluding carboxylic acids is 1. The van der Waals surface area contributed by atoms with Crippen molar-refractivity contribution in [1.29, 1.82) is 0 Å². The Morgan fingerprint density at radius 1 is 1.44 bits per heavy atom. The van der Waals surface area contributed by atoms with Crippen LogP contribution in [0, 0.1) is 6.92 Å². The molecule has 0 saturated carbocycles. The van der Waals surface area contributed by atoms with Crippen LogP contribution in [0.4, 0.5) is 5.13 Å². The molecule has 8 heteroatoms. The highest BCUT2D eigenvalue weighted by Gasteiger charge is 2.19. The Kier molecular flexibility index (Phi) is 5.55. The van der Waals surface area contributed by atoms with Gasteiger partial charge in [-0.25, -0.2) is 13.4 Å². The summed E-state index contributed by atoms with van der Waals surface area (Å²) in [7, 11) is 1.45. The Bertz CT molecular complexity index is 525. The predicted octanol–water partition coefficient (Wildman–Crippen LogP) is 2.90. The SMILES string of the molecule is CCCCCC(=O)Nc1nc(C)c(S(=O)(=O)Cl)s1. The van der Waals surface area contributed by atoms with Crippen molar-refractivity contribution in [2.75, 3.05) is 5.32 Å². The van der Waals surface area contributed by atoms with Crippen molar-refractivity contribution in [3.8, 4) is 0 Å². The molecule has 0 unspecified atom stereocenters. The van der Waals surface area contributed by atoms with Crippen LogP contribution in [-0.4, -0.2) is 19.3 Å². The van der Waals surface area contributed by atoms with Crippen molar-refractivity contribution in [3.63, 3.8) is 0 Å². The van der Waals surface area contributed by atoms with Crippen molar-refractivity contribution in [3.05, 3.63) is 5.69 Å². The molecule has 1 aromatic heterocycles. The summed E-state index contributed by atoms with van der Waals surface area (Å²) in [6.45, 7) is 3.60. The van der Waals surface area contributed by atoms with E-state index in [0.717, 1.165) is 30.6 Å². The van der Waals surface area contributed by atoms with Gasteiger partial charge in [-0.05, 0) is 13.3 Å². The Morgan fingerprint density at radius 3 is 2.61 bits per heavy atom. The minimum Gasteiger partial charge on any atom is -0.302 e. The molecule has 5 nitrogen and oxygen atoms in total. The van der Waals surface area contributed by atoms with E-state index in [0.29, 0.717) is 12.1 Å². The van der Waals surface area contributed by atoms with Gasteiger partial charge < -0.3 is 5.32 Å². The van der Waals surface area contributed by atoms with Crippen LogP contribution in [0.5, 0.6) is 0 Å². The number of aromatic nitrogens is 1. The second-order valence-electron chi connectivity index (χ2n) is 3.84. The van der Waals surface area contributed by atoms with Crippen LogP contribution in [0.2, 0.25) is 0 Å². The quantitative estimate of drug-likeness (QED) is 0.647. The van der Waals surface area contributed by atoms with Crippen LogP contribution in [-0.2, 0) is 13.8 Å². The Labute approximate surface area is 115 Å². The zero-order chi connectivity index (χ0) is 13.8. The second-order valence-corrected chi connectivity index (χ2v) is 7.60. The van der Waals surface area contributed by atoms with Crippen LogP contribution in [0.15, 0.2) is 4.21 Å². The number of carbonyl (C=O) groups is 1. The fourth-order valence-electron chi connectivity index (χ4n) is 1.38. The topological polar surface area (TPSA) is 76.1 Å². The number of thiazole rings is 1. The van der Waals surface area contributed by atoms with Gasteiger partial charge in [0, 0.05) is 17.1 Å². The zero-order valence-electron chi connectivity index (χ0n) is 10.2. The molecule has 0 aliphatic heterocycles. The average Bonchev–Trinajstić information content (AvgIpc) is 2.59. The highest BCUT2D eigenvalue weighted by atomic mass is 35.7. The third-order valence-electron chi connectivity index (χ3n) is 2.23. The van der Waals surface area contributed by atoms with E-state index in [-0.39, 0.29) is 15.2 Å². The lowest BCUT2D eigenvalue weighted by Crippen LogP contribution is -2.10. The maximum atomic E-state index is 11.5. The molecular weight excluding hydrogens is 296 g/mol. The lowest BCUT2D eigenvalue weighted by Gasteiger charge is -2.00. The normalized spacial score (nSPS) is 11.5. The number of hydrogen-bond acceptors (Lipinski definition) is 5. The molecule has 0 radical (unpaired) electrons. The summed E-state index contributed by atoms with van der Waals surface area (Å²) >= 11 is 0.871. The molecule has 18 heavy (non-hydrogen) atoms. The number of unbranched alkanes of at least 4 members (excludes halogenated alkanes) is 2. The lowest BCUT2D eigenvalue weighted by molar-refractivity contribution is -0.116. The van der Waals surface area contributed by atoms with E-state index in [4.69, 9.17) is 10.7 Å². The fraction of sp³-hybridized carbons (Fsp3) is 0.600. The highest BCUT2D eigenvalue weighted by molar-refractivity contribution is 8.15. The van der Waals surface area contributed by atoms with E-state index >= 15 is 0 Å². The summed E-state index contributed by atoms with van der Waals surface area (Å²) in [6.07, 6.45) is 3.26. The maximum absolute atomic E-state index is 11.5. The van der Waals surface area contributed by atoms with Crippen LogP contribution in [0.1, 0.15) is 38.3 Å². The third kappa shape index (κ3) is 4.55. The molecule has 0 aliphatic rings. The third-order valence-corrected chi connectivity index (χ3v) is 5.48. The standard InChI is InChI=1S/C10H15ClN2O3S2/c1-3-4-5-6-8(14)13-10-12-7(2)9(17-10)18(11,15)16/h3-6H2,1-2H3,(H,12,13,14). The molecule has 1 N–H and O–H groups in total. The van der Waals surface area contributed by atoms with Crippen molar-refractivity contribution in [1.82, 2.24) is 4.98 Å². The number of halogens is 1. The van der Waals surface area contributed by atoms with E-state index in [1.54, 1.807) is 6.92 Å². The van der Waals surface area contributed by atoms with Crippen molar-refractivity contribution in [2.45, 2.75) is 43.7 Å². The molecule has 0 atom stereocenters. The first-order chi connectivity index (χ1) is 8.34.